The van der Waals surface area contributed by atoms with E-state index in [4.69, 9.17) is 0 Å². The molecule has 1 fully saturated rings. The fourth-order valence-corrected chi connectivity index (χ4v) is 2.37. The van der Waals surface area contributed by atoms with Crippen LogP contribution in [-0.2, 0) is 0 Å². The van der Waals surface area contributed by atoms with Crippen molar-refractivity contribution in [3.63, 3.8) is 0 Å². The Morgan fingerprint density at radius 1 is 1.07 bits per heavy atom. The first kappa shape index (κ1) is 13.0. The molecule has 0 aromatic carbocycles. The minimum absolute atomic E-state index is 0.0786. The molecule has 0 bridgehead atoms. The molecule has 2 unspecified atom stereocenters. The van der Waals surface area contributed by atoms with Gasteiger partial charge >= 0.3 is 0 Å². The highest BCUT2D eigenvalue weighted by molar-refractivity contribution is 4.82. The van der Waals surface area contributed by atoms with Crippen molar-refractivity contribution in [1.82, 2.24) is 5.32 Å². The fourth-order valence-electron chi connectivity index (χ4n) is 2.37. The number of aliphatic hydroxyl groups is 1. The van der Waals surface area contributed by atoms with Crippen LogP contribution in [-0.4, -0.2) is 23.8 Å². The predicted octanol–water partition coefficient (Wildman–Crippen LogP) is 2.85. The van der Waals surface area contributed by atoms with E-state index in [0.29, 0.717) is 6.04 Å². The molecule has 2 atom stereocenters. The molecule has 0 saturated carbocycles. The van der Waals surface area contributed by atoms with Gasteiger partial charge in [0.1, 0.15) is 0 Å². The third-order valence-electron chi connectivity index (χ3n) is 3.43. The van der Waals surface area contributed by atoms with E-state index in [-0.39, 0.29) is 6.10 Å². The maximum atomic E-state index is 9.60. The fraction of sp³-hybridized carbons (Fsp3) is 1.00. The lowest BCUT2D eigenvalue weighted by atomic mass is 10.0. The smallest absolute Gasteiger partial charge is 0.0705 e. The van der Waals surface area contributed by atoms with Gasteiger partial charge < -0.3 is 10.4 Å². The predicted molar refractivity (Wildman–Crippen MR) is 65.0 cm³/mol. The summed E-state index contributed by atoms with van der Waals surface area (Å²) in [6, 6.07) is 0.389. The molecule has 0 aromatic rings. The number of rotatable bonds is 8. The van der Waals surface area contributed by atoms with Crippen LogP contribution in [0.2, 0.25) is 0 Å². The van der Waals surface area contributed by atoms with Crippen molar-refractivity contribution >= 4 is 0 Å². The highest BCUT2D eigenvalue weighted by Crippen LogP contribution is 2.15. The van der Waals surface area contributed by atoms with Crippen LogP contribution in [0.25, 0.3) is 0 Å². The van der Waals surface area contributed by atoms with Gasteiger partial charge in [0.25, 0.3) is 0 Å². The van der Waals surface area contributed by atoms with Gasteiger partial charge in [0, 0.05) is 6.04 Å². The lowest BCUT2D eigenvalue weighted by Gasteiger charge is -2.13. The number of hydrogen-bond donors (Lipinski definition) is 2. The zero-order chi connectivity index (χ0) is 10.9. The summed E-state index contributed by atoms with van der Waals surface area (Å²) < 4.78 is 0. The van der Waals surface area contributed by atoms with Gasteiger partial charge in [-0.15, -0.1) is 0 Å². The van der Waals surface area contributed by atoms with Gasteiger partial charge in [-0.1, -0.05) is 51.9 Å². The van der Waals surface area contributed by atoms with Crippen molar-refractivity contribution in [2.75, 3.05) is 6.54 Å². The Hall–Kier alpha value is -0.0800. The van der Waals surface area contributed by atoms with Crippen molar-refractivity contribution < 1.29 is 5.11 Å². The summed E-state index contributed by atoms with van der Waals surface area (Å²) >= 11 is 0. The van der Waals surface area contributed by atoms with Gasteiger partial charge in [0.2, 0.25) is 0 Å². The molecule has 0 aromatic heterocycles. The maximum Gasteiger partial charge on any atom is 0.0705 e. The van der Waals surface area contributed by atoms with Crippen LogP contribution in [0.3, 0.4) is 0 Å². The second kappa shape index (κ2) is 8.12. The Kier molecular flexibility index (Phi) is 7.03. The van der Waals surface area contributed by atoms with Crippen LogP contribution in [0, 0.1) is 0 Å². The average Bonchev–Trinajstić information content (AvgIpc) is 2.63. The third kappa shape index (κ3) is 5.53. The molecule has 1 saturated heterocycles. The number of nitrogens with one attached hydrogen (secondary N) is 1. The molecule has 0 radical (unpaired) electrons. The van der Waals surface area contributed by atoms with E-state index >= 15 is 0 Å². The summed E-state index contributed by atoms with van der Waals surface area (Å²) in [5.41, 5.74) is 0. The topological polar surface area (TPSA) is 32.3 Å². The Bertz CT molecular complexity index is 149. The van der Waals surface area contributed by atoms with Gasteiger partial charge in [0.15, 0.2) is 0 Å². The largest absolute Gasteiger partial charge is 0.391 e. The van der Waals surface area contributed by atoms with Crippen molar-refractivity contribution in [1.29, 1.82) is 0 Å². The molecular weight excluding hydrogens is 186 g/mol. The van der Waals surface area contributed by atoms with E-state index in [9.17, 15) is 5.11 Å². The first-order valence-electron chi connectivity index (χ1n) is 6.76. The second-order valence-corrected chi connectivity index (χ2v) is 4.83. The minimum atomic E-state index is -0.0786. The monoisotopic (exact) mass is 213 g/mol. The Morgan fingerprint density at radius 3 is 2.33 bits per heavy atom. The van der Waals surface area contributed by atoms with Gasteiger partial charge in [-0.3, -0.25) is 0 Å². The van der Waals surface area contributed by atoms with Crippen molar-refractivity contribution in [3.8, 4) is 0 Å². The molecule has 1 heterocycles. The lowest BCUT2D eigenvalue weighted by molar-refractivity contribution is 0.154. The van der Waals surface area contributed by atoms with E-state index < -0.39 is 0 Å². The van der Waals surface area contributed by atoms with Crippen molar-refractivity contribution in [2.45, 2.75) is 76.9 Å². The van der Waals surface area contributed by atoms with Gasteiger partial charge in [-0.25, -0.2) is 0 Å². The normalized spacial score (nSPS) is 26.0. The molecule has 1 rings (SSSR count). The zero-order valence-electron chi connectivity index (χ0n) is 10.2. The highest BCUT2D eigenvalue weighted by atomic mass is 16.3. The molecular formula is C13H27NO. The highest BCUT2D eigenvalue weighted by Gasteiger charge is 2.23. The van der Waals surface area contributed by atoms with Crippen LogP contribution in [0.5, 0.6) is 0 Å². The Labute approximate surface area is 94.5 Å². The number of aliphatic hydroxyl groups excluding tert-OH is 1. The first-order valence-corrected chi connectivity index (χ1v) is 6.76. The number of hydrogen-bond acceptors (Lipinski definition) is 2. The van der Waals surface area contributed by atoms with Crippen LogP contribution < -0.4 is 5.32 Å². The summed E-state index contributed by atoms with van der Waals surface area (Å²) in [5.74, 6) is 0. The van der Waals surface area contributed by atoms with Crippen molar-refractivity contribution in [2.24, 2.45) is 0 Å². The SMILES string of the molecule is CCCCCCCCCC1NCCC1O. The molecule has 0 aliphatic carbocycles. The molecule has 2 nitrogen and oxygen atoms in total. The van der Waals surface area contributed by atoms with Gasteiger partial charge in [-0.05, 0) is 19.4 Å². The molecule has 15 heavy (non-hydrogen) atoms. The number of unbranched alkanes of at least 4 members (excludes halogenated alkanes) is 6. The summed E-state index contributed by atoms with van der Waals surface area (Å²) in [7, 11) is 0. The first-order chi connectivity index (χ1) is 7.34. The lowest BCUT2D eigenvalue weighted by Crippen LogP contribution is -2.29. The van der Waals surface area contributed by atoms with E-state index in [1.54, 1.807) is 0 Å². The van der Waals surface area contributed by atoms with E-state index in [1.807, 2.05) is 0 Å². The third-order valence-corrected chi connectivity index (χ3v) is 3.43. The Balaban J connectivity index is 1.84. The van der Waals surface area contributed by atoms with Crippen LogP contribution in [0.4, 0.5) is 0 Å². The quantitative estimate of drug-likeness (QED) is 0.608. The van der Waals surface area contributed by atoms with Gasteiger partial charge in [-0.2, -0.15) is 0 Å². The van der Waals surface area contributed by atoms with Gasteiger partial charge in [0.05, 0.1) is 6.10 Å². The molecule has 2 heteroatoms. The molecule has 1 aliphatic heterocycles. The standard InChI is InChI=1S/C13H27NO/c1-2-3-4-5-6-7-8-9-12-13(15)10-11-14-12/h12-15H,2-11H2,1H3. The maximum absolute atomic E-state index is 9.60. The summed E-state index contributed by atoms with van der Waals surface area (Å²) in [6.07, 6.45) is 11.6. The van der Waals surface area contributed by atoms with Crippen LogP contribution in [0.15, 0.2) is 0 Å². The second-order valence-electron chi connectivity index (χ2n) is 4.83. The van der Waals surface area contributed by atoms with E-state index in [1.165, 1.54) is 44.9 Å². The minimum Gasteiger partial charge on any atom is -0.391 e. The zero-order valence-corrected chi connectivity index (χ0v) is 10.2. The van der Waals surface area contributed by atoms with Crippen LogP contribution in [0.1, 0.15) is 64.7 Å². The molecule has 2 N–H and O–H groups in total. The Morgan fingerprint density at radius 2 is 1.73 bits per heavy atom. The molecule has 0 amide bonds. The van der Waals surface area contributed by atoms with E-state index in [0.717, 1.165) is 19.4 Å². The molecule has 0 spiro atoms. The molecule has 1 aliphatic rings. The van der Waals surface area contributed by atoms with E-state index in [2.05, 4.69) is 12.2 Å². The summed E-state index contributed by atoms with van der Waals surface area (Å²) in [5, 5.41) is 13.0. The van der Waals surface area contributed by atoms with Crippen molar-refractivity contribution in [3.05, 3.63) is 0 Å². The summed E-state index contributed by atoms with van der Waals surface area (Å²) in [6.45, 7) is 3.26. The summed E-state index contributed by atoms with van der Waals surface area (Å²) in [4.78, 5) is 0. The van der Waals surface area contributed by atoms with Crippen LogP contribution >= 0.6 is 0 Å². The average molecular weight is 213 g/mol. The molecule has 90 valence electrons.